The first-order chi connectivity index (χ1) is 3.93. The van der Waals surface area contributed by atoms with Crippen LogP contribution in [-0.2, 0) is 6.42 Å². The maximum Gasteiger partial charge on any atom is 0.124 e. The van der Waals surface area contributed by atoms with Gasteiger partial charge < -0.3 is 4.52 Å². The Morgan fingerprint density at radius 3 is 3.00 bits per heavy atom. The highest BCUT2D eigenvalue weighted by molar-refractivity contribution is 5.85. The lowest BCUT2D eigenvalue weighted by Crippen LogP contribution is -1.75. The van der Waals surface area contributed by atoms with Crippen LogP contribution in [0.1, 0.15) is 5.69 Å². The van der Waals surface area contributed by atoms with Gasteiger partial charge in [-0.05, 0) is 0 Å². The van der Waals surface area contributed by atoms with E-state index in [-0.39, 0.29) is 12.4 Å². The third-order valence-electron chi connectivity index (χ3n) is 0.845. The molecule has 0 radical (unpaired) electrons. The Hall–Kier alpha value is -0.760. The summed E-state index contributed by atoms with van der Waals surface area (Å²) in [4.78, 5) is 0. The molecule has 9 heavy (non-hydrogen) atoms. The number of rotatable bonds is 2. The maximum atomic E-state index is 4.57. The van der Waals surface area contributed by atoms with Crippen LogP contribution >= 0.6 is 12.4 Å². The van der Waals surface area contributed by atoms with Crippen LogP contribution in [0.25, 0.3) is 0 Å². The fourth-order valence-electron chi connectivity index (χ4n) is 0.491. The summed E-state index contributed by atoms with van der Waals surface area (Å²) in [5.41, 5.74) is 0.931. The van der Waals surface area contributed by atoms with Gasteiger partial charge in [0.15, 0.2) is 0 Å². The predicted molar refractivity (Wildman–Crippen MR) is 37.7 cm³/mol. The largest absolute Gasteiger partial charge is 0.365 e. The molecular formula is C6H8ClNO. The number of allylic oxidation sites excluding steroid dienone is 1. The van der Waals surface area contributed by atoms with E-state index in [4.69, 9.17) is 0 Å². The molecule has 2 nitrogen and oxygen atoms in total. The van der Waals surface area contributed by atoms with Gasteiger partial charge in [-0.15, -0.1) is 19.0 Å². The zero-order valence-corrected chi connectivity index (χ0v) is 5.73. The first-order valence-corrected chi connectivity index (χ1v) is 2.43. The maximum absolute atomic E-state index is 4.57. The van der Waals surface area contributed by atoms with Crippen LogP contribution in [0.3, 0.4) is 0 Å². The molecule has 0 aliphatic heterocycles. The van der Waals surface area contributed by atoms with Gasteiger partial charge in [0, 0.05) is 12.5 Å². The summed E-state index contributed by atoms with van der Waals surface area (Å²) < 4.78 is 4.57. The highest BCUT2D eigenvalue weighted by Crippen LogP contribution is 1.94. The van der Waals surface area contributed by atoms with Gasteiger partial charge in [-0.25, -0.2) is 0 Å². The fraction of sp³-hybridized carbons (Fsp3) is 0.167. The van der Waals surface area contributed by atoms with E-state index in [1.165, 1.54) is 0 Å². The number of hydrogen-bond acceptors (Lipinski definition) is 2. The summed E-state index contributed by atoms with van der Waals surface area (Å²) in [5, 5.41) is 3.66. The third kappa shape index (κ3) is 2.33. The average molecular weight is 146 g/mol. The van der Waals surface area contributed by atoms with E-state index < -0.39 is 0 Å². The number of nitrogens with zero attached hydrogens (tertiary/aromatic N) is 1. The molecule has 0 N–H and O–H groups in total. The molecule has 1 rings (SSSR count). The molecular weight excluding hydrogens is 138 g/mol. The predicted octanol–water partition coefficient (Wildman–Crippen LogP) is 1.82. The van der Waals surface area contributed by atoms with Crippen molar-refractivity contribution in [1.29, 1.82) is 0 Å². The van der Waals surface area contributed by atoms with Crippen molar-refractivity contribution < 1.29 is 4.52 Å². The van der Waals surface area contributed by atoms with E-state index in [0.29, 0.717) is 0 Å². The molecule has 0 aromatic carbocycles. The molecule has 0 unspecified atom stereocenters. The van der Waals surface area contributed by atoms with Crippen LogP contribution in [0.15, 0.2) is 29.5 Å². The van der Waals surface area contributed by atoms with Gasteiger partial charge in [0.2, 0.25) is 0 Å². The van der Waals surface area contributed by atoms with E-state index in [9.17, 15) is 0 Å². The Kier molecular flexibility index (Phi) is 3.80. The summed E-state index contributed by atoms with van der Waals surface area (Å²) in [6.07, 6.45) is 4.13. The third-order valence-corrected chi connectivity index (χ3v) is 0.845. The molecule has 0 amide bonds. The number of aromatic nitrogens is 1. The van der Waals surface area contributed by atoms with Crippen molar-refractivity contribution >= 4 is 12.4 Å². The molecule has 0 saturated carbocycles. The molecule has 0 aliphatic carbocycles. The molecule has 50 valence electrons. The van der Waals surface area contributed by atoms with Crippen molar-refractivity contribution in [3.05, 3.63) is 30.7 Å². The van der Waals surface area contributed by atoms with Gasteiger partial charge in [0.25, 0.3) is 0 Å². The van der Waals surface area contributed by atoms with Crippen molar-refractivity contribution in [2.45, 2.75) is 6.42 Å². The molecule has 0 atom stereocenters. The summed E-state index contributed by atoms with van der Waals surface area (Å²) in [6.45, 7) is 3.55. The summed E-state index contributed by atoms with van der Waals surface area (Å²) >= 11 is 0. The summed E-state index contributed by atoms with van der Waals surface area (Å²) in [5.74, 6) is 0. The molecule has 0 bridgehead atoms. The fourth-order valence-corrected chi connectivity index (χ4v) is 0.491. The monoisotopic (exact) mass is 145 g/mol. The van der Waals surface area contributed by atoms with Gasteiger partial charge in [-0.2, -0.15) is 0 Å². The van der Waals surface area contributed by atoms with Crippen molar-refractivity contribution in [2.75, 3.05) is 0 Å². The van der Waals surface area contributed by atoms with Crippen LogP contribution in [0.5, 0.6) is 0 Å². The first kappa shape index (κ1) is 8.24. The minimum Gasteiger partial charge on any atom is -0.365 e. The van der Waals surface area contributed by atoms with Crippen LogP contribution in [0.2, 0.25) is 0 Å². The summed E-state index contributed by atoms with van der Waals surface area (Å²) in [6, 6.07) is 1.82. The number of hydrogen-bond donors (Lipinski definition) is 0. The van der Waals surface area contributed by atoms with Crippen LogP contribution in [0, 0.1) is 0 Å². The minimum atomic E-state index is 0. The van der Waals surface area contributed by atoms with Gasteiger partial charge in [0.05, 0.1) is 5.69 Å². The zero-order valence-electron chi connectivity index (χ0n) is 4.91. The smallest absolute Gasteiger partial charge is 0.124 e. The van der Waals surface area contributed by atoms with Crippen molar-refractivity contribution in [3.8, 4) is 0 Å². The van der Waals surface area contributed by atoms with Gasteiger partial charge >= 0.3 is 0 Å². The minimum absolute atomic E-state index is 0. The van der Waals surface area contributed by atoms with E-state index in [2.05, 4.69) is 16.3 Å². The average Bonchev–Trinajstić information content (AvgIpc) is 2.19. The Morgan fingerprint density at radius 2 is 2.56 bits per heavy atom. The molecule has 0 aliphatic rings. The second-order valence-electron chi connectivity index (χ2n) is 1.48. The Labute approximate surface area is 60.0 Å². The molecule has 0 saturated heterocycles. The molecule has 1 aromatic heterocycles. The Balaban J connectivity index is 0.000000640. The van der Waals surface area contributed by atoms with Crippen molar-refractivity contribution in [2.24, 2.45) is 0 Å². The molecule has 0 fully saturated rings. The van der Waals surface area contributed by atoms with E-state index >= 15 is 0 Å². The lowest BCUT2D eigenvalue weighted by atomic mass is 10.3. The first-order valence-electron chi connectivity index (χ1n) is 2.43. The van der Waals surface area contributed by atoms with E-state index in [0.717, 1.165) is 12.1 Å². The highest BCUT2D eigenvalue weighted by Gasteiger charge is 1.88. The van der Waals surface area contributed by atoms with Crippen molar-refractivity contribution in [1.82, 2.24) is 5.16 Å². The molecule has 1 aromatic rings. The lowest BCUT2D eigenvalue weighted by molar-refractivity contribution is 0.413. The van der Waals surface area contributed by atoms with Crippen molar-refractivity contribution in [3.63, 3.8) is 0 Å². The summed E-state index contributed by atoms with van der Waals surface area (Å²) in [7, 11) is 0. The SMILES string of the molecule is C=CCc1ccon1.Cl. The zero-order chi connectivity index (χ0) is 5.82. The Bertz CT molecular complexity index is 160. The van der Waals surface area contributed by atoms with Gasteiger partial charge in [0.1, 0.15) is 6.26 Å². The molecule has 1 heterocycles. The van der Waals surface area contributed by atoms with Crippen LogP contribution < -0.4 is 0 Å². The normalized spacial score (nSPS) is 8.00. The van der Waals surface area contributed by atoms with E-state index in [1.54, 1.807) is 12.3 Å². The van der Waals surface area contributed by atoms with E-state index in [1.807, 2.05) is 6.07 Å². The Morgan fingerprint density at radius 1 is 1.78 bits per heavy atom. The molecule has 0 spiro atoms. The highest BCUT2D eigenvalue weighted by atomic mass is 35.5. The topological polar surface area (TPSA) is 26.0 Å². The lowest BCUT2D eigenvalue weighted by Gasteiger charge is -1.77. The number of halogens is 1. The molecule has 3 heteroatoms. The second-order valence-corrected chi connectivity index (χ2v) is 1.48. The van der Waals surface area contributed by atoms with Crippen LogP contribution in [0.4, 0.5) is 0 Å². The van der Waals surface area contributed by atoms with Gasteiger partial charge in [-0.1, -0.05) is 11.2 Å². The quantitative estimate of drug-likeness (QED) is 0.594. The standard InChI is InChI=1S/C6H7NO.ClH/c1-2-3-6-4-5-8-7-6;/h2,4-5H,1,3H2;1H. The van der Waals surface area contributed by atoms with Gasteiger partial charge in [-0.3, -0.25) is 0 Å². The van der Waals surface area contributed by atoms with Crippen LogP contribution in [-0.4, -0.2) is 5.16 Å². The second kappa shape index (κ2) is 4.15.